The Bertz CT molecular complexity index is 369. The van der Waals surface area contributed by atoms with E-state index >= 15 is 0 Å². The van der Waals surface area contributed by atoms with E-state index in [2.05, 4.69) is 4.90 Å². The second-order valence-electron chi connectivity index (χ2n) is 4.68. The van der Waals surface area contributed by atoms with Crippen LogP contribution in [0.5, 0.6) is 0 Å². The van der Waals surface area contributed by atoms with Crippen molar-refractivity contribution in [2.75, 3.05) is 51.3 Å². The standard InChI is InChI=1S/C11H22N2O4S/c1-18(16,17)10-3-11(15)13-5-2-4-12(6-7-13)8-9-14/h14H,2-10H2,1H3. The Hall–Kier alpha value is -0.660. The van der Waals surface area contributed by atoms with Crippen LogP contribution in [-0.2, 0) is 14.6 Å². The average Bonchev–Trinajstić information content (AvgIpc) is 2.51. The molecule has 6 nitrogen and oxygen atoms in total. The fourth-order valence-corrected chi connectivity index (χ4v) is 2.56. The van der Waals surface area contributed by atoms with Crippen molar-refractivity contribution in [3.63, 3.8) is 0 Å². The third-order valence-corrected chi connectivity index (χ3v) is 3.99. The second kappa shape index (κ2) is 7.06. The predicted octanol–water partition coefficient (Wildman–Crippen LogP) is -1.05. The minimum Gasteiger partial charge on any atom is -0.395 e. The van der Waals surface area contributed by atoms with Gasteiger partial charge in [0, 0.05) is 38.9 Å². The van der Waals surface area contributed by atoms with Crippen LogP contribution < -0.4 is 0 Å². The molecule has 0 atom stereocenters. The van der Waals surface area contributed by atoms with Crippen LogP contribution in [0.25, 0.3) is 0 Å². The molecule has 1 fully saturated rings. The van der Waals surface area contributed by atoms with E-state index in [1.807, 2.05) is 0 Å². The molecule has 106 valence electrons. The lowest BCUT2D eigenvalue weighted by Gasteiger charge is -2.21. The number of carbonyl (C=O) groups excluding carboxylic acids is 1. The summed E-state index contributed by atoms with van der Waals surface area (Å²) in [5, 5.41) is 8.87. The molecule has 0 aromatic heterocycles. The SMILES string of the molecule is CS(=O)(=O)CCC(=O)N1CCCN(CCO)CC1. The van der Waals surface area contributed by atoms with Gasteiger partial charge in [-0.25, -0.2) is 8.42 Å². The summed E-state index contributed by atoms with van der Waals surface area (Å²) in [7, 11) is -3.08. The molecule has 1 rings (SSSR count). The summed E-state index contributed by atoms with van der Waals surface area (Å²) < 4.78 is 22.0. The maximum Gasteiger partial charge on any atom is 0.223 e. The summed E-state index contributed by atoms with van der Waals surface area (Å²) in [4.78, 5) is 15.7. The molecular formula is C11H22N2O4S. The fraction of sp³-hybridized carbons (Fsp3) is 0.909. The quantitative estimate of drug-likeness (QED) is 0.694. The smallest absolute Gasteiger partial charge is 0.223 e. The number of rotatable bonds is 5. The highest BCUT2D eigenvalue weighted by Crippen LogP contribution is 2.05. The molecular weight excluding hydrogens is 256 g/mol. The van der Waals surface area contributed by atoms with Crippen LogP contribution in [0.3, 0.4) is 0 Å². The zero-order chi connectivity index (χ0) is 13.6. The Labute approximate surface area is 108 Å². The van der Waals surface area contributed by atoms with Gasteiger partial charge < -0.3 is 10.0 Å². The molecule has 1 amide bonds. The van der Waals surface area contributed by atoms with Crippen LogP contribution in [0.1, 0.15) is 12.8 Å². The van der Waals surface area contributed by atoms with Crippen LogP contribution in [0.15, 0.2) is 0 Å². The van der Waals surface area contributed by atoms with Gasteiger partial charge in [-0.15, -0.1) is 0 Å². The van der Waals surface area contributed by atoms with Crippen molar-refractivity contribution in [3.05, 3.63) is 0 Å². The molecule has 7 heteroatoms. The first-order chi connectivity index (χ1) is 8.42. The number of sulfone groups is 1. The first kappa shape index (κ1) is 15.4. The van der Waals surface area contributed by atoms with Crippen LogP contribution in [0, 0.1) is 0 Å². The lowest BCUT2D eigenvalue weighted by molar-refractivity contribution is -0.130. The van der Waals surface area contributed by atoms with E-state index in [-0.39, 0.29) is 24.7 Å². The molecule has 0 bridgehead atoms. The highest BCUT2D eigenvalue weighted by molar-refractivity contribution is 7.90. The van der Waals surface area contributed by atoms with Gasteiger partial charge in [0.25, 0.3) is 0 Å². The van der Waals surface area contributed by atoms with Gasteiger partial charge in [-0.3, -0.25) is 9.69 Å². The summed E-state index contributed by atoms with van der Waals surface area (Å²) in [6, 6.07) is 0. The number of hydrogen-bond acceptors (Lipinski definition) is 5. The van der Waals surface area contributed by atoms with E-state index in [9.17, 15) is 13.2 Å². The molecule has 0 aromatic carbocycles. The maximum absolute atomic E-state index is 11.9. The van der Waals surface area contributed by atoms with Gasteiger partial charge in [0.1, 0.15) is 9.84 Å². The van der Waals surface area contributed by atoms with E-state index in [0.717, 1.165) is 25.8 Å². The zero-order valence-electron chi connectivity index (χ0n) is 10.8. The van der Waals surface area contributed by atoms with Crippen molar-refractivity contribution in [1.82, 2.24) is 9.80 Å². The van der Waals surface area contributed by atoms with E-state index in [0.29, 0.717) is 19.6 Å². The Balaban J connectivity index is 2.40. The molecule has 1 heterocycles. The molecule has 18 heavy (non-hydrogen) atoms. The number of aliphatic hydroxyl groups excluding tert-OH is 1. The highest BCUT2D eigenvalue weighted by atomic mass is 32.2. The van der Waals surface area contributed by atoms with Crippen LogP contribution in [-0.4, -0.2) is 80.6 Å². The maximum atomic E-state index is 11.9. The molecule has 0 unspecified atom stereocenters. The topological polar surface area (TPSA) is 77.9 Å². The second-order valence-corrected chi connectivity index (χ2v) is 6.94. The molecule has 1 N–H and O–H groups in total. The van der Waals surface area contributed by atoms with Gasteiger partial charge in [-0.1, -0.05) is 0 Å². The fourth-order valence-electron chi connectivity index (χ4n) is 2.02. The highest BCUT2D eigenvalue weighted by Gasteiger charge is 2.19. The minimum absolute atomic E-state index is 0.0683. The number of β-amino-alcohol motifs (C(OH)–C–C–N with tert-alkyl or cyclic N) is 1. The van der Waals surface area contributed by atoms with Crippen molar-refractivity contribution in [3.8, 4) is 0 Å². The monoisotopic (exact) mass is 278 g/mol. The Morgan fingerprint density at radius 3 is 2.56 bits per heavy atom. The Kier molecular flexibility index (Phi) is 6.04. The van der Waals surface area contributed by atoms with Gasteiger partial charge >= 0.3 is 0 Å². The first-order valence-electron chi connectivity index (χ1n) is 6.21. The molecule has 0 aliphatic carbocycles. The predicted molar refractivity (Wildman–Crippen MR) is 69.1 cm³/mol. The van der Waals surface area contributed by atoms with Crippen LogP contribution in [0.4, 0.5) is 0 Å². The Morgan fingerprint density at radius 2 is 1.94 bits per heavy atom. The van der Waals surface area contributed by atoms with Gasteiger partial charge in [0.2, 0.25) is 5.91 Å². The van der Waals surface area contributed by atoms with E-state index in [1.165, 1.54) is 0 Å². The number of nitrogens with zero attached hydrogens (tertiary/aromatic N) is 2. The molecule has 1 saturated heterocycles. The summed E-state index contributed by atoms with van der Waals surface area (Å²) in [6.45, 7) is 3.65. The minimum atomic E-state index is -3.08. The molecule has 0 aromatic rings. The number of aliphatic hydroxyl groups is 1. The molecule has 1 aliphatic heterocycles. The van der Waals surface area contributed by atoms with Crippen molar-refractivity contribution in [1.29, 1.82) is 0 Å². The van der Waals surface area contributed by atoms with Crippen LogP contribution >= 0.6 is 0 Å². The molecule has 0 radical (unpaired) electrons. The normalized spacial score (nSPS) is 18.7. The van der Waals surface area contributed by atoms with Crippen molar-refractivity contribution < 1.29 is 18.3 Å². The molecule has 0 spiro atoms. The van der Waals surface area contributed by atoms with Gasteiger partial charge in [0.15, 0.2) is 0 Å². The van der Waals surface area contributed by atoms with Gasteiger partial charge in [0.05, 0.1) is 12.4 Å². The van der Waals surface area contributed by atoms with Crippen LogP contribution in [0.2, 0.25) is 0 Å². The molecule has 1 aliphatic rings. The lowest BCUT2D eigenvalue weighted by Crippen LogP contribution is -2.36. The van der Waals surface area contributed by atoms with E-state index in [1.54, 1.807) is 4.90 Å². The molecule has 0 saturated carbocycles. The summed E-state index contributed by atoms with van der Waals surface area (Å²) in [5.41, 5.74) is 0. The number of amides is 1. The van der Waals surface area contributed by atoms with Crippen molar-refractivity contribution >= 4 is 15.7 Å². The largest absolute Gasteiger partial charge is 0.395 e. The van der Waals surface area contributed by atoms with E-state index in [4.69, 9.17) is 5.11 Å². The summed E-state index contributed by atoms with van der Waals surface area (Å²) >= 11 is 0. The van der Waals surface area contributed by atoms with Gasteiger partial charge in [-0.05, 0) is 13.0 Å². The third-order valence-electron chi connectivity index (χ3n) is 3.04. The summed E-state index contributed by atoms with van der Waals surface area (Å²) in [6.07, 6.45) is 2.08. The Morgan fingerprint density at radius 1 is 1.22 bits per heavy atom. The van der Waals surface area contributed by atoms with Gasteiger partial charge in [-0.2, -0.15) is 0 Å². The van der Waals surface area contributed by atoms with E-state index < -0.39 is 9.84 Å². The van der Waals surface area contributed by atoms with Crippen molar-refractivity contribution in [2.24, 2.45) is 0 Å². The van der Waals surface area contributed by atoms with Crippen molar-refractivity contribution in [2.45, 2.75) is 12.8 Å². The zero-order valence-corrected chi connectivity index (χ0v) is 11.7. The average molecular weight is 278 g/mol. The number of carbonyl (C=O) groups is 1. The lowest BCUT2D eigenvalue weighted by atomic mass is 10.3. The first-order valence-corrected chi connectivity index (χ1v) is 8.27. The third kappa shape index (κ3) is 5.79. The summed E-state index contributed by atoms with van der Waals surface area (Å²) in [5.74, 6) is -0.172. The number of hydrogen-bond donors (Lipinski definition) is 1.